The highest BCUT2D eigenvalue weighted by Crippen LogP contribution is 2.59. The van der Waals surface area contributed by atoms with Gasteiger partial charge in [-0.3, -0.25) is 9.69 Å². The number of cyclic esters (lactones) is 1. The standard InChI is InChI=1S/C31H41NO3Si/c1-22-27(35-36(5,6)30(2,3)4)18-25-20-34-29(33)31(25)21-32(19-24-15-11-8-12-16-24)26(28(22)31)17-23-13-9-7-10-14-23/h7-16,25-26,28H,17-21H2,1-6H3/t25-,26+,28+,31+/m1/s1. The number of rotatable bonds is 6. The summed E-state index contributed by atoms with van der Waals surface area (Å²) in [6.07, 6.45) is 1.71. The Labute approximate surface area is 217 Å². The smallest absolute Gasteiger partial charge is 0.314 e. The third kappa shape index (κ3) is 4.24. The van der Waals surface area contributed by atoms with Gasteiger partial charge in [0.25, 0.3) is 0 Å². The first-order chi connectivity index (χ1) is 17.0. The van der Waals surface area contributed by atoms with Gasteiger partial charge in [-0.05, 0) is 48.2 Å². The van der Waals surface area contributed by atoms with Crippen LogP contribution in [0.25, 0.3) is 0 Å². The van der Waals surface area contributed by atoms with Gasteiger partial charge in [0, 0.05) is 37.4 Å². The van der Waals surface area contributed by atoms with Gasteiger partial charge in [-0.2, -0.15) is 0 Å². The second-order valence-corrected chi connectivity index (χ2v) is 17.4. The summed E-state index contributed by atoms with van der Waals surface area (Å²) in [4.78, 5) is 16.2. The lowest BCUT2D eigenvalue weighted by Crippen LogP contribution is -2.48. The van der Waals surface area contributed by atoms with Crippen molar-refractivity contribution < 1.29 is 14.0 Å². The molecule has 1 aliphatic carbocycles. The van der Waals surface area contributed by atoms with E-state index in [9.17, 15) is 4.79 Å². The Hall–Kier alpha value is -2.37. The molecule has 4 nitrogen and oxygen atoms in total. The van der Waals surface area contributed by atoms with Crippen molar-refractivity contribution in [1.82, 2.24) is 4.90 Å². The van der Waals surface area contributed by atoms with Crippen molar-refractivity contribution in [2.45, 2.75) is 71.3 Å². The minimum Gasteiger partial charge on any atom is -0.547 e. The van der Waals surface area contributed by atoms with E-state index in [1.165, 1.54) is 16.7 Å². The van der Waals surface area contributed by atoms with Crippen LogP contribution in [0.1, 0.15) is 45.2 Å². The fourth-order valence-electron chi connectivity index (χ4n) is 6.46. The molecular formula is C31H41NO3Si. The molecule has 2 saturated heterocycles. The second-order valence-electron chi connectivity index (χ2n) is 12.6. The Bertz CT molecular complexity index is 1140. The first kappa shape index (κ1) is 25.3. The predicted octanol–water partition coefficient (Wildman–Crippen LogP) is 6.59. The van der Waals surface area contributed by atoms with Gasteiger partial charge in [-0.25, -0.2) is 0 Å². The van der Waals surface area contributed by atoms with Crippen LogP contribution in [0.3, 0.4) is 0 Å². The molecule has 2 aliphatic heterocycles. The van der Waals surface area contributed by atoms with Gasteiger partial charge in [0.15, 0.2) is 0 Å². The van der Waals surface area contributed by atoms with E-state index >= 15 is 0 Å². The molecule has 0 radical (unpaired) electrons. The third-order valence-corrected chi connectivity index (χ3v) is 13.8. The molecule has 36 heavy (non-hydrogen) atoms. The van der Waals surface area contributed by atoms with E-state index < -0.39 is 13.7 Å². The van der Waals surface area contributed by atoms with Crippen LogP contribution in [-0.4, -0.2) is 38.4 Å². The van der Waals surface area contributed by atoms with E-state index in [1.54, 1.807) is 0 Å². The average Bonchev–Trinajstić information content (AvgIpc) is 3.31. The molecule has 3 aliphatic rings. The maximum atomic E-state index is 13.6. The summed E-state index contributed by atoms with van der Waals surface area (Å²) in [6.45, 7) is 15.8. The van der Waals surface area contributed by atoms with Gasteiger partial charge in [0.05, 0.1) is 17.8 Å². The van der Waals surface area contributed by atoms with E-state index in [-0.39, 0.29) is 28.9 Å². The van der Waals surface area contributed by atoms with E-state index in [4.69, 9.17) is 9.16 Å². The molecule has 0 N–H and O–H groups in total. The molecule has 2 aromatic carbocycles. The molecule has 0 aromatic heterocycles. The summed E-state index contributed by atoms with van der Waals surface area (Å²) in [5.41, 5.74) is 3.38. The maximum Gasteiger partial charge on any atom is 0.314 e. The van der Waals surface area contributed by atoms with Gasteiger partial charge >= 0.3 is 5.97 Å². The van der Waals surface area contributed by atoms with Crippen LogP contribution in [0, 0.1) is 17.3 Å². The van der Waals surface area contributed by atoms with Crippen molar-refractivity contribution in [3.63, 3.8) is 0 Å². The molecule has 0 amide bonds. The molecular weight excluding hydrogens is 462 g/mol. The summed E-state index contributed by atoms with van der Waals surface area (Å²) in [7, 11) is -2.01. The Morgan fingerprint density at radius 2 is 1.64 bits per heavy atom. The lowest BCUT2D eigenvalue weighted by molar-refractivity contribution is -0.147. The number of allylic oxidation sites excluding steroid dienone is 1. The van der Waals surface area contributed by atoms with Crippen molar-refractivity contribution in [2.75, 3.05) is 13.2 Å². The predicted molar refractivity (Wildman–Crippen MR) is 147 cm³/mol. The number of hydrogen-bond acceptors (Lipinski definition) is 4. The SMILES string of the molecule is CC1=C(O[Si](C)(C)C(C)(C)C)C[C@@H]2COC(=O)[C@@]23CN(Cc2ccccc2)[C@@H](Cc2ccccc2)[C@H]13. The normalized spacial score (nSPS) is 28.6. The minimum absolute atomic E-state index is 0.00292. The van der Waals surface area contributed by atoms with E-state index in [0.717, 1.165) is 31.7 Å². The highest BCUT2D eigenvalue weighted by molar-refractivity contribution is 6.74. The fourth-order valence-corrected chi connectivity index (χ4v) is 7.62. The van der Waals surface area contributed by atoms with Gasteiger partial charge in [0.2, 0.25) is 8.32 Å². The van der Waals surface area contributed by atoms with Crippen LogP contribution in [0.2, 0.25) is 18.1 Å². The topological polar surface area (TPSA) is 38.8 Å². The summed E-state index contributed by atoms with van der Waals surface area (Å²) < 4.78 is 12.8. The zero-order chi connectivity index (χ0) is 25.7. The monoisotopic (exact) mass is 503 g/mol. The quantitative estimate of drug-likeness (QED) is 0.329. The van der Waals surface area contributed by atoms with Crippen molar-refractivity contribution in [3.05, 3.63) is 83.1 Å². The number of carbonyl (C=O) groups excluding carboxylic acids is 1. The van der Waals surface area contributed by atoms with Crippen molar-refractivity contribution in [1.29, 1.82) is 0 Å². The molecule has 4 atom stereocenters. The maximum absolute atomic E-state index is 13.6. The summed E-state index contributed by atoms with van der Waals surface area (Å²) in [5.74, 6) is 1.38. The first-order valence-electron chi connectivity index (χ1n) is 13.4. The van der Waals surface area contributed by atoms with Crippen LogP contribution in [0.15, 0.2) is 72.0 Å². The average molecular weight is 504 g/mol. The number of hydrogen-bond donors (Lipinski definition) is 0. The van der Waals surface area contributed by atoms with Gasteiger partial charge in [0.1, 0.15) is 0 Å². The molecule has 0 saturated carbocycles. The first-order valence-corrected chi connectivity index (χ1v) is 16.3. The summed E-state index contributed by atoms with van der Waals surface area (Å²) >= 11 is 0. The van der Waals surface area contributed by atoms with Crippen molar-refractivity contribution >= 4 is 14.3 Å². The summed E-state index contributed by atoms with van der Waals surface area (Å²) in [6, 6.07) is 21.6. The largest absolute Gasteiger partial charge is 0.547 e. The molecule has 0 unspecified atom stereocenters. The number of carbonyl (C=O) groups is 1. The molecule has 5 rings (SSSR count). The number of ether oxygens (including phenoxy) is 1. The molecule has 2 fully saturated rings. The molecule has 5 heteroatoms. The molecule has 192 valence electrons. The molecule has 0 bridgehead atoms. The number of likely N-dealkylation sites (tertiary alicyclic amines) is 1. The van der Waals surface area contributed by atoms with Gasteiger partial charge in [-0.15, -0.1) is 0 Å². The molecule has 2 aromatic rings. The molecule has 2 heterocycles. The van der Waals surface area contributed by atoms with Crippen LogP contribution in [-0.2, 0) is 26.9 Å². The highest BCUT2D eigenvalue weighted by atomic mass is 28.4. The van der Waals surface area contributed by atoms with Crippen LogP contribution >= 0.6 is 0 Å². The Kier molecular flexibility index (Phi) is 6.45. The Morgan fingerprint density at radius 3 is 2.25 bits per heavy atom. The van der Waals surface area contributed by atoms with Crippen molar-refractivity contribution in [2.24, 2.45) is 17.3 Å². The number of nitrogens with zero attached hydrogens (tertiary/aromatic N) is 1. The van der Waals surface area contributed by atoms with Crippen LogP contribution in [0.4, 0.5) is 0 Å². The second kappa shape index (κ2) is 9.18. The van der Waals surface area contributed by atoms with Gasteiger partial charge < -0.3 is 9.16 Å². The van der Waals surface area contributed by atoms with Crippen molar-refractivity contribution in [3.8, 4) is 0 Å². The zero-order valence-electron chi connectivity index (χ0n) is 22.7. The van der Waals surface area contributed by atoms with Gasteiger partial charge in [-0.1, -0.05) is 81.4 Å². The lowest BCUT2D eigenvalue weighted by Gasteiger charge is -2.44. The minimum atomic E-state index is -2.01. The number of esters is 1. The van der Waals surface area contributed by atoms with E-state index in [2.05, 4.69) is 106 Å². The summed E-state index contributed by atoms with van der Waals surface area (Å²) in [5, 5.41) is 0.120. The lowest BCUT2D eigenvalue weighted by atomic mass is 9.60. The van der Waals surface area contributed by atoms with E-state index in [0.29, 0.717) is 6.61 Å². The van der Waals surface area contributed by atoms with Crippen LogP contribution in [0.5, 0.6) is 0 Å². The van der Waals surface area contributed by atoms with Crippen LogP contribution < -0.4 is 0 Å². The number of benzene rings is 2. The third-order valence-electron chi connectivity index (χ3n) is 9.44. The highest BCUT2D eigenvalue weighted by Gasteiger charge is 2.67. The molecule has 1 spiro atoms. The fraction of sp³-hybridized carbons (Fsp3) is 0.516. The Balaban J connectivity index is 1.59. The zero-order valence-corrected chi connectivity index (χ0v) is 23.7. The Morgan fingerprint density at radius 1 is 1.03 bits per heavy atom. The van der Waals surface area contributed by atoms with E-state index in [1.807, 2.05) is 0 Å².